The lowest BCUT2D eigenvalue weighted by Gasteiger charge is -2.29. The number of anilines is 1. The molecular weight excluding hydrogens is 332 g/mol. The Morgan fingerprint density at radius 1 is 1.08 bits per heavy atom. The Bertz CT molecular complexity index is 791. The normalized spacial score (nSPS) is 13.0. The van der Waals surface area contributed by atoms with Gasteiger partial charge in [-0.2, -0.15) is 0 Å². The quantitative estimate of drug-likeness (QED) is 0.888. The molecule has 1 aliphatic heterocycles. The van der Waals surface area contributed by atoms with Crippen molar-refractivity contribution in [2.45, 2.75) is 19.9 Å². The molecule has 2 amide bonds. The summed E-state index contributed by atoms with van der Waals surface area (Å²) >= 11 is 0. The third-order valence-electron chi connectivity index (χ3n) is 4.42. The zero-order valence-electron chi connectivity index (χ0n) is 15.4. The number of hydrogen-bond donors (Lipinski definition) is 1. The van der Waals surface area contributed by atoms with Gasteiger partial charge in [-0.15, -0.1) is 0 Å². The molecule has 0 atom stereocenters. The summed E-state index contributed by atoms with van der Waals surface area (Å²) in [7, 11) is 3.15. The summed E-state index contributed by atoms with van der Waals surface area (Å²) in [5.41, 5.74) is 3.06. The predicted octanol–water partition coefficient (Wildman–Crippen LogP) is 3.69. The number of carbonyl (C=O) groups excluding carboxylic acids is 1. The Kier molecular flexibility index (Phi) is 5.51. The molecule has 2 aromatic rings. The van der Waals surface area contributed by atoms with E-state index in [0.29, 0.717) is 36.9 Å². The molecule has 0 bridgehead atoms. The number of hydrogen-bond acceptors (Lipinski definition) is 4. The van der Waals surface area contributed by atoms with E-state index in [1.54, 1.807) is 37.3 Å². The van der Waals surface area contributed by atoms with Crippen molar-refractivity contribution in [1.82, 2.24) is 4.90 Å². The van der Waals surface area contributed by atoms with Crippen LogP contribution in [0.2, 0.25) is 0 Å². The molecule has 6 heteroatoms. The van der Waals surface area contributed by atoms with Crippen LogP contribution in [0, 0.1) is 0 Å². The van der Waals surface area contributed by atoms with Gasteiger partial charge in [0.05, 0.1) is 20.8 Å². The molecule has 6 nitrogen and oxygen atoms in total. The van der Waals surface area contributed by atoms with Gasteiger partial charge in [-0.1, -0.05) is 6.07 Å². The number of methoxy groups -OCH3 is 2. The average molecular weight is 356 g/mol. The first kappa shape index (κ1) is 17.9. The molecule has 0 fully saturated rings. The molecule has 1 aliphatic rings. The number of fused-ring (bicyclic) bond motifs is 1. The van der Waals surface area contributed by atoms with Gasteiger partial charge in [0.15, 0.2) is 11.5 Å². The van der Waals surface area contributed by atoms with Crippen molar-refractivity contribution in [1.29, 1.82) is 0 Å². The van der Waals surface area contributed by atoms with Crippen LogP contribution in [0.5, 0.6) is 17.2 Å². The molecule has 1 N–H and O–H groups in total. The molecule has 0 aliphatic carbocycles. The molecule has 138 valence electrons. The van der Waals surface area contributed by atoms with Crippen molar-refractivity contribution in [2.75, 3.05) is 32.7 Å². The molecule has 0 unspecified atom stereocenters. The van der Waals surface area contributed by atoms with Gasteiger partial charge in [-0.05, 0) is 48.7 Å². The molecule has 2 aromatic carbocycles. The fourth-order valence-electron chi connectivity index (χ4n) is 3.08. The molecule has 0 saturated heterocycles. The lowest BCUT2D eigenvalue weighted by Crippen LogP contribution is -2.38. The first-order chi connectivity index (χ1) is 12.6. The molecule has 3 rings (SSSR count). The van der Waals surface area contributed by atoms with Crippen LogP contribution in [0.1, 0.15) is 18.1 Å². The third-order valence-corrected chi connectivity index (χ3v) is 4.42. The van der Waals surface area contributed by atoms with Gasteiger partial charge >= 0.3 is 6.03 Å². The van der Waals surface area contributed by atoms with Gasteiger partial charge in [-0.25, -0.2) is 4.79 Å². The van der Waals surface area contributed by atoms with E-state index in [1.165, 1.54) is 5.56 Å². The van der Waals surface area contributed by atoms with Gasteiger partial charge < -0.3 is 24.4 Å². The van der Waals surface area contributed by atoms with E-state index in [0.717, 1.165) is 17.7 Å². The standard InChI is InChI=1S/C20H24N2O4/c1-4-26-17-7-5-14-9-10-22(13-15(14)11-17)20(23)21-16-6-8-18(24-2)19(12-16)25-3/h5-8,11-12H,4,9-10,13H2,1-3H3,(H,21,23). The lowest BCUT2D eigenvalue weighted by atomic mass is 10.00. The molecule has 0 saturated carbocycles. The second-order valence-electron chi connectivity index (χ2n) is 6.03. The first-order valence-electron chi connectivity index (χ1n) is 8.67. The summed E-state index contributed by atoms with van der Waals surface area (Å²) in [6.45, 7) is 3.83. The molecule has 0 aromatic heterocycles. The number of urea groups is 1. The van der Waals surface area contributed by atoms with Crippen LogP contribution in [0.3, 0.4) is 0 Å². The summed E-state index contributed by atoms with van der Waals surface area (Å²) < 4.78 is 16.1. The van der Waals surface area contributed by atoms with Crippen molar-refractivity contribution in [3.8, 4) is 17.2 Å². The summed E-state index contributed by atoms with van der Waals surface area (Å²) in [6.07, 6.45) is 0.834. The SMILES string of the molecule is CCOc1ccc2c(c1)CN(C(=O)Nc1ccc(OC)c(OC)c1)CC2. The minimum absolute atomic E-state index is 0.135. The molecule has 1 heterocycles. The smallest absolute Gasteiger partial charge is 0.322 e. The zero-order chi connectivity index (χ0) is 18.5. The minimum atomic E-state index is -0.135. The highest BCUT2D eigenvalue weighted by atomic mass is 16.5. The average Bonchev–Trinajstić information content (AvgIpc) is 2.67. The number of nitrogens with zero attached hydrogens (tertiary/aromatic N) is 1. The Morgan fingerprint density at radius 3 is 2.62 bits per heavy atom. The monoisotopic (exact) mass is 356 g/mol. The van der Waals surface area contributed by atoms with Crippen LogP contribution in [0.4, 0.5) is 10.5 Å². The van der Waals surface area contributed by atoms with Gasteiger partial charge in [0.25, 0.3) is 0 Å². The predicted molar refractivity (Wildman–Crippen MR) is 100 cm³/mol. The van der Waals surface area contributed by atoms with Crippen molar-refractivity contribution < 1.29 is 19.0 Å². The van der Waals surface area contributed by atoms with Crippen molar-refractivity contribution >= 4 is 11.7 Å². The van der Waals surface area contributed by atoms with Crippen LogP contribution >= 0.6 is 0 Å². The highest BCUT2D eigenvalue weighted by Gasteiger charge is 2.21. The lowest BCUT2D eigenvalue weighted by molar-refractivity contribution is 0.206. The number of carbonyl (C=O) groups is 1. The third kappa shape index (κ3) is 3.85. The summed E-state index contributed by atoms with van der Waals surface area (Å²) in [6, 6.07) is 11.3. The van der Waals surface area contributed by atoms with Gasteiger partial charge in [0, 0.05) is 24.8 Å². The fourth-order valence-corrected chi connectivity index (χ4v) is 3.08. The van der Waals surface area contributed by atoms with Crippen LogP contribution in [0.15, 0.2) is 36.4 Å². The van der Waals surface area contributed by atoms with Crippen LogP contribution < -0.4 is 19.5 Å². The van der Waals surface area contributed by atoms with E-state index in [9.17, 15) is 4.79 Å². The van der Waals surface area contributed by atoms with E-state index in [4.69, 9.17) is 14.2 Å². The summed E-state index contributed by atoms with van der Waals surface area (Å²) in [5.74, 6) is 2.05. The van der Waals surface area contributed by atoms with Crippen molar-refractivity contribution in [3.05, 3.63) is 47.5 Å². The number of benzene rings is 2. The maximum Gasteiger partial charge on any atom is 0.322 e. The Hall–Kier alpha value is -2.89. The second kappa shape index (κ2) is 7.99. The maximum atomic E-state index is 12.7. The number of ether oxygens (including phenoxy) is 3. The first-order valence-corrected chi connectivity index (χ1v) is 8.67. The molecule has 26 heavy (non-hydrogen) atoms. The van der Waals surface area contributed by atoms with E-state index in [1.807, 2.05) is 19.1 Å². The summed E-state index contributed by atoms with van der Waals surface area (Å²) in [4.78, 5) is 14.5. The zero-order valence-corrected chi connectivity index (χ0v) is 15.4. The second-order valence-corrected chi connectivity index (χ2v) is 6.03. The fraction of sp³-hybridized carbons (Fsp3) is 0.350. The van der Waals surface area contributed by atoms with E-state index in [-0.39, 0.29) is 6.03 Å². The Morgan fingerprint density at radius 2 is 1.88 bits per heavy atom. The number of rotatable bonds is 5. The largest absolute Gasteiger partial charge is 0.494 e. The van der Waals surface area contributed by atoms with Crippen LogP contribution in [-0.2, 0) is 13.0 Å². The Balaban J connectivity index is 1.70. The molecule has 0 spiro atoms. The number of nitrogens with one attached hydrogen (secondary N) is 1. The van der Waals surface area contributed by atoms with Gasteiger partial charge in [-0.3, -0.25) is 0 Å². The van der Waals surface area contributed by atoms with E-state index < -0.39 is 0 Å². The van der Waals surface area contributed by atoms with E-state index in [2.05, 4.69) is 11.4 Å². The highest BCUT2D eigenvalue weighted by Crippen LogP contribution is 2.30. The highest BCUT2D eigenvalue weighted by molar-refractivity contribution is 5.90. The van der Waals surface area contributed by atoms with E-state index >= 15 is 0 Å². The van der Waals surface area contributed by atoms with Crippen LogP contribution in [-0.4, -0.2) is 38.3 Å². The Labute approximate surface area is 153 Å². The maximum absolute atomic E-state index is 12.7. The molecule has 0 radical (unpaired) electrons. The van der Waals surface area contributed by atoms with Crippen molar-refractivity contribution in [2.24, 2.45) is 0 Å². The van der Waals surface area contributed by atoms with Crippen molar-refractivity contribution in [3.63, 3.8) is 0 Å². The molecular formula is C20H24N2O4. The summed E-state index contributed by atoms with van der Waals surface area (Å²) in [5, 5.41) is 2.93. The van der Waals surface area contributed by atoms with Crippen LogP contribution in [0.25, 0.3) is 0 Å². The number of amides is 2. The van der Waals surface area contributed by atoms with Gasteiger partial charge in [0.1, 0.15) is 5.75 Å². The topological polar surface area (TPSA) is 60.0 Å². The minimum Gasteiger partial charge on any atom is -0.494 e. The van der Waals surface area contributed by atoms with Gasteiger partial charge in [0.2, 0.25) is 0 Å².